The number of carbonyl (C=O) groups excluding carboxylic acids is 1. The van der Waals surface area contributed by atoms with Crippen LogP contribution in [0.3, 0.4) is 0 Å². The van der Waals surface area contributed by atoms with E-state index in [0.29, 0.717) is 35.0 Å². The SMILES string of the molecule is Cl.O=C(CSc1nc2cc(S(=O)(=O)Nc3ccccc3Cl)ccc2o1)Nc1ccc(N2CCOCC2)cc1. The number of para-hydroxylation sites is 1. The molecule has 1 aliphatic rings. The first-order chi connectivity index (χ1) is 17.9. The van der Waals surface area contributed by atoms with Crippen molar-refractivity contribution in [2.24, 2.45) is 0 Å². The maximum Gasteiger partial charge on any atom is 0.262 e. The van der Waals surface area contributed by atoms with Gasteiger partial charge in [-0.3, -0.25) is 9.52 Å². The topological polar surface area (TPSA) is 114 Å². The summed E-state index contributed by atoms with van der Waals surface area (Å²) in [6.07, 6.45) is 0. The van der Waals surface area contributed by atoms with Crippen LogP contribution >= 0.6 is 35.8 Å². The summed E-state index contributed by atoms with van der Waals surface area (Å²) in [5.41, 5.74) is 2.84. The number of aromatic nitrogens is 1. The van der Waals surface area contributed by atoms with Gasteiger partial charge in [-0.25, -0.2) is 13.4 Å². The van der Waals surface area contributed by atoms with Crippen LogP contribution in [0, 0.1) is 0 Å². The van der Waals surface area contributed by atoms with Crippen molar-refractivity contribution in [3.63, 3.8) is 0 Å². The molecule has 3 aromatic carbocycles. The zero-order valence-electron chi connectivity index (χ0n) is 19.9. The highest BCUT2D eigenvalue weighted by atomic mass is 35.5. The summed E-state index contributed by atoms with van der Waals surface area (Å²) in [5, 5.41) is 3.42. The molecule has 1 amide bonds. The van der Waals surface area contributed by atoms with Gasteiger partial charge >= 0.3 is 0 Å². The molecule has 0 radical (unpaired) electrons. The number of morpholine rings is 1. The standard InChI is InChI=1S/C25H23ClN4O5S2.ClH/c26-20-3-1-2-4-21(20)29-37(32,33)19-9-10-23-22(15-19)28-25(35-23)36-16-24(31)27-17-5-7-18(8-6-17)30-11-13-34-14-12-30;/h1-10,15,29H,11-14,16H2,(H,27,31);1H. The molecule has 0 unspecified atom stereocenters. The first-order valence-corrected chi connectivity index (χ1v) is 14.3. The van der Waals surface area contributed by atoms with Gasteiger partial charge in [-0.05, 0) is 54.6 Å². The highest BCUT2D eigenvalue weighted by Gasteiger charge is 2.18. The van der Waals surface area contributed by atoms with E-state index in [1.807, 2.05) is 24.3 Å². The van der Waals surface area contributed by atoms with Crippen LogP contribution in [0.4, 0.5) is 17.1 Å². The third-order valence-corrected chi connectivity index (χ3v) is 8.14. The fraction of sp³-hybridized carbons (Fsp3) is 0.200. The summed E-state index contributed by atoms with van der Waals surface area (Å²) in [4.78, 5) is 19.0. The van der Waals surface area contributed by atoms with Gasteiger partial charge in [0.15, 0.2) is 5.58 Å². The number of benzene rings is 3. The Labute approximate surface area is 235 Å². The second-order valence-corrected chi connectivity index (χ2v) is 11.2. The lowest BCUT2D eigenvalue weighted by molar-refractivity contribution is -0.113. The molecule has 5 rings (SSSR count). The van der Waals surface area contributed by atoms with E-state index in [0.717, 1.165) is 30.5 Å². The van der Waals surface area contributed by atoms with E-state index in [-0.39, 0.29) is 39.9 Å². The number of ether oxygens (including phenoxy) is 1. The van der Waals surface area contributed by atoms with Gasteiger partial charge in [0.05, 0.1) is 34.6 Å². The molecule has 1 saturated heterocycles. The Morgan fingerprint density at radius 2 is 1.79 bits per heavy atom. The summed E-state index contributed by atoms with van der Waals surface area (Å²) >= 11 is 7.19. The average molecular weight is 596 g/mol. The third-order valence-electron chi connectivity index (χ3n) is 5.62. The van der Waals surface area contributed by atoms with Crippen LogP contribution in [-0.2, 0) is 19.6 Å². The maximum atomic E-state index is 12.8. The zero-order chi connectivity index (χ0) is 25.8. The van der Waals surface area contributed by atoms with Crippen LogP contribution < -0.4 is 14.9 Å². The number of oxazole rings is 1. The minimum absolute atomic E-state index is 0. The minimum Gasteiger partial charge on any atom is -0.431 e. The lowest BCUT2D eigenvalue weighted by atomic mass is 10.2. The van der Waals surface area contributed by atoms with Crippen molar-refractivity contribution >= 4 is 79.9 Å². The van der Waals surface area contributed by atoms with Crippen molar-refractivity contribution in [2.45, 2.75) is 10.1 Å². The highest BCUT2D eigenvalue weighted by Crippen LogP contribution is 2.28. The number of nitrogens with one attached hydrogen (secondary N) is 2. The van der Waals surface area contributed by atoms with E-state index in [1.165, 1.54) is 18.2 Å². The normalized spacial score (nSPS) is 13.7. The van der Waals surface area contributed by atoms with Crippen molar-refractivity contribution in [3.8, 4) is 0 Å². The molecular formula is C25H24Cl2N4O5S2. The van der Waals surface area contributed by atoms with Gasteiger partial charge in [-0.2, -0.15) is 0 Å². The van der Waals surface area contributed by atoms with E-state index in [9.17, 15) is 13.2 Å². The molecule has 9 nitrogen and oxygen atoms in total. The fourth-order valence-electron chi connectivity index (χ4n) is 3.76. The van der Waals surface area contributed by atoms with E-state index < -0.39 is 10.0 Å². The fourth-order valence-corrected chi connectivity index (χ4v) is 5.74. The van der Waals surface area contributed by atoms with Crippen LogP contribution in [0.2, 0.25) is 5.02 Å². The molecule has 2 N–H and O–H groups in total. The van der Waals surface area contributed by atoms with Gasteiger partial charge < -0.3 is 19.4 Å². The Hall–Kier alpha value is -2.96. The minimum atomic E-state index is -3.89. The van der Waals surface area contributed by atoms with Gasteiger partial charge in [0.25, 0.3) is 15.2 Å². The molecule has 13 heteroatoms. The Balaban J connectivity index is 0.00000336. The number of fused-ring (bicyclic) bond motifs is 1. The van der Waals surface area contributed by atoms with Gasteiger partial charge in [0.2, 0.25) is 5.91 Å². The van der Waals surface area contributed by atoms with Crippen molar-refractivity contribution in [3.05, 3.63) is 71.8 Å². The van der Waals surface area contributed by atoms with E-state index in [4.69, 9.17) is 20.8 Å². The van der Waals surface area contributed by atoms with Crippen molar-refractivity contribution in [1.29, 1.82) is 0 Å². The molecule has 0 aliphatic carbocycles. The van der Waals surface area contributed by atoms with Crippen LogP contribution in [0.25, 0.3) is 11.1 Å². The maximum absolute atomic E-state index is 12.8. The van der Waals surface area contributed by atoms with Crippen LogP contribution in [0.1, 0.15) is 0 Å². The van der Waals surface area contributed by atoms with E-state index >= 15 is 0 Å². The van der Waals surface area contributed by atoms with Gasteiger partial charge in [0, 0.05) is 24.5 Å². The van der Waals surface area contributed by atoms with E-state index in [2.05, 4.69) is 19.9 Å². The number of hydrogen-bond acceptors (Lipinski definition) is 8. The Morgan fingerprint density at radius 1 is 1.05 bits per heavy atom. The van der Waals surface area contributed by atoms with Gasteiger partial charge in [-0.15, -0.1) is 12.4 Å². The van der Waals surface area contributed by atoms with E-state index in [1.54, 1.807) is 24.3 Å². The summed E-state index contributed by atoms with van der Waals surface area (Å²) in [7, 11) is -3.89. The number of hydrogen-bond donors (Lipinski definition) is 2. The number of sulfonamides is 1. The second kappa shape index (κ2) is 12.3. The van der Waals surface area contributed by atoms with Crippen LogP contribution in [-0.4, -0.2) is 51.4 Å². The summed E-state index contributed by atoms with van der Waals surface area (Å²) in [5.74, 6) is -0.129. The highest BCUT2D eigenvalue weighted by molar-refractivity contribution is 7.99. The number of nitrogens with zero attached hydrogens (tertiary/aromatic N) is 2. The molecule has 200 valence electrons. The number of thioether (sulfide) groups is 1. The second-order valence-electron chi connectivity index (χ2n) is 8.18. The summed E-state index contributed by atoms with van der Waals surface area (Å²) < 4.78 is 39.1. The smallest absolute Gasteiger partial charge is 0.262 e. The first kappa shape index (κ1) is 28.1. The third kappa shape index (κ3) is 6.72. The predicted octanol–water partition coefficient (Wildman–Crippen LogP) is 5.27. The Bertz CT molecular complexity index is 1520. The molecule has 0 saturated carbocycles. The first-order valence-electron chi connectivity index (χ1n) is 11.4. The molecule has 0 bridgehead atoms. The van der Waals surface area contributed by atoms with Gasteiger partial charge in [0.1, 0.15) is 5.52 Å². The largest absolute Gasteiger partial charge is 0.431 e. The quantitative estimate of drug-likeness (QED) is 0.265. The summed E-state index contributed by atoms with van der Waals surface area (Å²) in [6, 6.07) is 18.6. The number of anilines is 3. The van der Waals surface area contributed by atoms with Crippen molar-refractivity contribution in [2.75, 3.05) is 47.0 Å². The number of rotatable bonds is 8. The van der Waals surface area contributed by atoms with Crippen molar-refractivity contribution in [1.82, 2.24) is 4.98 Å². The van der Waals surface area contributed by atoms with Crippen LogP contribution in [0.15, 0.2) is 81.3 Å². The molecule has 1 fully saturated rings. The molecule has 1 aromatic heterocycles. The molecule has 4 aromatic rings. The average Bonchev–Trinajstić information content (AvgIpc) is 3.32. The Morgan fingerprint density at radius 3 is 2.53 bits per heavy atom. The Kier molecular flexibility index (Phi) is 9.06. The van der Waals surface area contributed by atoms with Gasteiger partial charge in [-0.1, -0.05) is 35.5 Å². The lowest BCUT2D eigenvalue weighted by Gasteiger charge is -2.28. The monoisotopic (exact) mass is 594 g/mol. The summed E-state index contributed by atoms with van der Waals surface area (Å²) in [6.45, 7) is 3.11. The lowest BCUT2D eigenvalue weighted by Crippen LogP contribution is -2.36. The molecule has 38 heavy (non-hydrogen) atoms. The molecular weight excluding hydrogens is 571 g/mol. The van der Waals surface area contributed by atoms with Crippen LogP contribution in [0.5, 0.6) is 0 Å². The zero-order valence-corrected chi connectivity index (χ0v) is 23.1. The molecule has 1 aliphatic heterocycles. The number of halogens is 2. The number of carbonyl (C=O) groups is 1. The number of amides is 1. The molecule has 0 spiro atoms. The van der Waals surface area contributed by atoms with Crippen molar-refractivity contribution < 1.29 is 22.4 Å². The molecule has 2 heterocycles. The molecule has 0 atom stereocenters. The predicted molar refractivity (Wildman–Crippen MR) is 152 cm³/mol.